The van der Waals surface area contributed by atoms with E-state index in [4.69, 9.17) is 6.57 Å². The molecular formula is C25H15N4+. The van der Waals surface area contributed by atoms with Gasteiger partial charge in [0.1, 0.15) is 7.05 Å². The van der Waals surface area contributed by atoms with Gasteiger partial charge in [0.25, 0.3) is 0 Å². The second-order valence-electron chi connectivity index (χ2n) is 7.62. The number of hydrogen-bond donors (Lipinski definition) is 0. The molecule has 0 spiro atoms. The van der Waals surface area contributed by atoms with Gasteiger partial charge in [0.05, 0.1) is 45.5 Å². The van der Waals surface area contributed by atoms with Crippen LogP contribution in [-0.2, 0) is 7.05 Å². The SMILES string of the molecule is [C-]#[N+]c1cc2cc[n+](C)c3c4c(C)ccc5c6c(C#N)cccc6n(c(c1)c23)c54. The van der Waals surface area contributed by atoms with E-state index in [1.54, 1.807) is 0 Å². The summed E-state index contributed by atoms with van der Waals surface area (Å²) in [5.74, 6) is 0. The molecule has 6 aromatic rings. The lowest BCUT2D eigenvalue weighted by Gasteiger charge is -2.13. The van der Waals surface area contributed by atoms with Crippen LogP contribution in [0.2, 0.25) is 0 Å². The molecule has 6 rings (SSSR count). The van der Waals surface area contributed by atoms with Crippen molar-refractivity contribution in [3.05, 3.63) is 77.3 Å². The Bertz CT molecular complexity index is 1740. The second-order valence-corrected chi connectivity index (χ2v) is 7.62. The highest BCUT2D eigenvalue weighted by Crippen LogP contribution is 2.42. The van der Waals surface area contributed by atoms with E-state index in [-0.39, 0.29) is 0 Å². The molecule has 3 aromatic carbocycles. The van der Waals surface area contributed by atoms with E-state index in [2.05, 4.69) is 64.3 Å². The minimum absolute atomic E-state index is 0.620. The summed E-state index contributed by atoms with van der Waals surface area (Å²) in [6.07, 6.45) is 2.06. The molecule has 3 heterocycles. The van der Waals surface area contributed by atoms with Gasteiger partial charge in [-0.05, 0) is 42.1 Å². The Hall–Kier alpha value is -4.15. The summed E-state index contributed by atoms with van der Waals surface area (Å²) in [6, 6.07) is 18.5. The van der Waals surface area contributed by atoms with Crippen LogP contribution in [0.3, 0.4) is 0 Å². The lowest BCUT2D eigenvalue weighted by molar-refractivity contribution is -0.643. The molecule has 0 saturated heterocycles. The molecular weight excluding hydrogens is 356 g/mol. The van der Waals surface area contributed by atoms with Gasteiger partial charge < -0.3 is 4.40 Å². The highest BCUT2D eigenvalue weighted by atomic mass is 15.0. The molecule has 0 radical (unpaired) electrons. The molecule has 0 N–H and O–H groups in total. The number of rotatable bonds is 0. The zero-order valence-electron chi connectivity index (χ0n) is 16.0. The molecule has 134 valence electrons. The first-order valence-corrected chi connectivity index (χ1v) is 9.45. The van der Waals surface area contributed by atoms with Crippen LogP contribution in [0.1, 0.15) is 11.1 Å². The van der Waals surface area contributed by atoms with Crippen LogP contribution in [0.4, 0.5) is 5.69 Å². The van der Waals surface area contributed by atoms with Gasteiger partial charge in [0, 0.05) is 16.8 Å². The lowest BCUT2D eigenvalue weighted by Crippen LogP contribution is -2.28. The number of nitriles is 1. The largest absolute Gasteiger partial charge is 0.309 e. The number of hydrogen-bond acceptors (Lipinski definition) is 1. The van der Waals surface area contributed by atoms with E-state index >= 15 is 0 Å². The number of nitrogens with zero attached hydrogens (tertiary/aromatic N) is 4. The summed E-state index contributed by atoms with van der Waals surface area (Å²) in [5.41, 5.74) is 6.78. The van der Waals surface area contributed by atoms with E-state index < -0.39 is 0 Å². The number of benzene rings is 3. The first-order valence-electron chi connectivity index (χ1n) is 9.45. The van der Waals surface area contributed by atoms with Crippen molar-refractivity contribution in [2.75, 3.05) is 0 Å². The fraction of sp³-hybridized carbons (Fsp3) is 0.0800. The van der Waals surface area contributed by atoms with Crippen LogP contribution >= 0.6 is 0 Å². The Morgan fingerprint density at radius 2 is 1.90 bits per heavy atom. The molecule has 4 nitrogen and oxygen atoms in total. The maximum atomic E-state index is 9.77. The van der Waals surface area contributed by atoms with Crippen molar-refractivity contribution in [2.24, 2.45) is 7.05 Å². The molecule has 0 amide bonds. The zero-order valence-corrected chi connectivity index (χ0v) is 16.0. The van der Waals surface area contributed by atoms with Crippen LogP contribution in [-0.4, -0.2) is 4.40 Å². The monoisotopic (exact) mass is 371 g/mol. The average Bonchev–Trinajstić information content (AvgIpc) is 3.09. The molecule has 0 unspecified atom stereocenters. The molecule has 0 aliphatic rings. The van der Waals surface area contributed by atoms with Gasteiger partial charge in [-0.1, -0.05) is 18.2 Å². The maximum Gasteiger partial charge on any atom is 0.224 e. The minimum Gasteiger partial charge on any atom is -0.309 e. The Labute approximate surface area is 166 Å². The number of aryl methyl sites for hydroxylation is 2. The summed E-state index contributed by atoms with van der Waals surface area (Å²) < 4.78 is 4.41. The van der Waals surface area contributed by atoms with Gasteiger partial charge in [-0.3, -0.25) is 0 Å². The van der Waals surface area contributed by atoms with Gasteiger partial charge in [-0.2, -0.15) is 5.26 Å². The van der Waals surface area contributed by atoms with Crippen LogP contribution in [0.25, 0.3) is 53.8 Å². The van der Waals surface area contributed by atoms with E-state index in [1.807, 2.05) is 24.3 Å². The molecule has 0 saturated carbocycles. The predicted molar refractivity (Wildman–Crippen MR) is 115 cm³/mol. The molecule has 0 aliphatic carbocycles. The fourth-order valence-electron chi connectivity index (χ4n) is 4.91. The maximum absolute atomic E-state index is 9.77. The van der Waals surface area contributed by atoms with Crippen molar-refractivity contribution < 1.29 is 4.57 Å². The van der Waals surface area contributed by atoms with Gasteiger partial charge in [-0.15, -0.1) is 0 Å². The van der Waals surface area contributed by atoms with E-state index in [1.165, 1.54) is 10.9 Å². The van der Waals surface area contributed by atoms with Crippen LogP contribution in [0.15, 0.2) is 54.7 Å². The molecule has 4 heteroatoms. The molecule has 0 bridgehead atoms. The van der Waals surface area contributed by atoms with E-state index in [9.17, 15) is 5.26 Å². The molecule has 0 aliphatic heterocycles. The fourth-order valence-corrected chi connectivity index (χ4v) is 4.91. The molecule has 0 atom stereocenters. The number of fused-ring (bicyclic) bond motifs is 5. The normalized spacial score (nSPS) is 11.7. The van der Waals surface area contributed by atoms with Crippen LogP contribution in [0, 0.1) is 24.8 Å². The van der Waals surface area contributed by atoms with Crippen LogP contribution in [0.5, 0.6) is 0 Å². The second kappa shape index (κ2) is 5.22. The Morgan fingerprint density at radius 1 is 1.03 bits per heavy atom. The lowest BCUT2D eigenvalue weighted by atomic mass is 9.99. The summed E-state index contributed by atoms with van der Waals surface area (Å²) in [6.45, 7) is 9.72. The molecule has 3 aromatic heterocycles. The Morgan fingerprint density at radius 3 is 2.69 bits per heavy atom. The summed E-state index contributed by atoms with van der Waals surface area (Å²) >= 11 is 0. The van der Waals surface area contributed by atoms with Crippen molar-refractivity contribution in [1.82, 2.24) is 4.40 Å². The van der Waals surface area contributed by atoms with Crippen LogP contribution < -0.4 is 4.57 Å². The smallest absolute Gasteiger partial charge is 0.224 e. The van der Waals surface area contributed by atoms with E-state index in [0.29, 0.717) is 11.3 Å². The third kappa shape index (κ3) is 1.79. The first-order chi connectivity index (χ1) is 14.1. The Kier molecular flexibility index (Phi) is 2.85. The number of pyridine rings is 2. The highest BCUT2D eigenvalue weighted by molar-refractivity contribution is 6.26. The van der Waals surface area contributed by atoms with Gasteiger partial charge >= 0.3 is 0 Å². The summed E-state index contributed by atoms with van der Waals surface area (Å²) in [7, 11) is 2.07. The molecule has 0 fully saturated rings. The van der Waals surface area contributed by atoms with Crippen molar-refractivity contribution in [3.63, 3.8) is 0 Å². The average molecular weight is 371 g/mol. The van der Waals surface area contributed by atoms with Crippen molar-refractivity contribution in [2.45, 2.75) is 6.92 Å². The minimum atomic E-state index is 0.620. The van der Waals surface area contributed by atoms with Crippen molar-refractivity contribution in [3.8, 4) is 6.07 Å². The summed E-state index contributed by atoms with van der Waals surface area (Å²) in [5, 5.41) is 15.2. The summed E-state index contributed by atoms with van der Waals surface area (Å²) in [4.78, 5) is 3.72. The van der Waals surface area contributed by atoms with E-state index in [0.717, 1.165) is 43.6 Å². The topological polar surface area (TPSA) is 36.4 Å². The quantitative estimate of drug-likeness (QED) is 0.149. The number of aromatic nitrogens is 2. The highest BCUT2D eigenvalue weighted by Gasteiger charge is 2.24. The Balaban J connectivity index is 2.14. The van der Waals surface area contributed by atoms with Gasteiger partial charge in [0.2, 0.25) is 5.52 Å². The van der Waals surface area contributed by atoms with Gasteiger partial charge in [0.15, 0.2) is 11.9 Å². The standard InChI is InChI=1S/C25H15N4/c1-14-7-8-18-22-16(13-26)5-4-6-19(22)29-20-12-17(27-2)11-15-9-10-28(3)25(23(15)20)21(14)24(18)29/h4-12H,1,3H3/q+1. The predicted octanol–water partition coefficient (Wildman–Crippen LogP) is 5.55. The third-order valence-corrected chi connectivity index (χ3v) is 6.09. The van der Waals surface area contributed by atoms with Crippen molar-refractivity contribution in [1.29, 1.82) is 5.26 Å². The first kappa shape index (κ1) is 15.9. The molecule has 29 heavy (non-hydrogen) atoms. The van der Waals surface area contributed by atoms with Crippen molar-refractivity contribution >= 4 is 54.7 Å². The zero-order chi connectivity index (χ0) is 19.9. The third-order valence-electron chi connectivity index (χ3n) is 6.09. The van der Waals surface area contributed by atoms with Gasteiger partial charge in [-0.25, -0.2) is 9.41 Å².